The predicted molar refractivity (Wildman–Crippen MR) is 129 cm³/mol. The second-order valence-corrected chi connectivity index (χ2v) is 9.55. The Morgan fingerprint density at radius 1 is 0.943 bits per heavy atom. The lowest BCUT2D eigenvalue weighted by atomic mass is 9.98. The van der Waals surface area contributed by atoms with Crippen LogP contribution in [0.25, 0.3) is 11.1 Å². The van der Waals surface area contributed by atoms with Crippen molar-refractivity contribution in [2.45, 2.75) is 58.2 Å². The minimum Gasteiger partial charge on any atom is -0.449 e. The van der Waals surface area contributed by atoms with Crippen molar-refractivity contribution in [3.63, 3.8) is 0 Å². The molecule has 9 heteroatoms. The second-order valence-electron chi connectivity index (χ2n) is 9.55. The van der Waals surface area contributed by atoms with Gasteiger partial charge in [0.2, 0.25) is 5.89 Å². The summed E-state index contributed by atoms with van der Waals surface area (Å²) >= 11 is 0. The number of benzene rings is 2. The maximum atomic E-state index is 12.5. The van der Waals surface area contributed by atoms with Gasteiger partial charge in [-0.3, -0.25) is 0 Å². The highest BCUT2D eigenvalue weighted by Gasteiger charge is 2.29. The molecule has 0 bridgehead atoms. The number of rotatable bonds is 6. The summed E-state index contributed by atoms with van der Waals surface area (Å²) in [6.07, 6.45) is -1.17. The molecular formula is C26H30N4O5. The van der Waals surface area contributed by atoms with Gasteiger partial charge in [0.25, 0.3) is 0 Å². The van der Waals surface area contributed by atoms with Gasteiger partial charge in [-0.15, -0.1) is 0 Å². The minimum atomic E-state index is -0.617. The van der Waals surface area contributed by atoms with E-state index in [9.17, 15) is 9.59 Å². The van der Waals surface area contributed by atoms with Gasteiger partial charge in [-0.05, 0) is 56.9 Å². The summed E-state index contributed by atoms with van der Waals surface area (Å²) in [6.45, 7) is 8.96. The van der Waals surface area contributed by atoms with Crippen LogP contribution in [0.1, 0.15) is 75.5 Å². The highest BCUT2D eigenvalue weighted by atomic mass is 16.6. The number of alkyl carbamates (subject to hydrolysis) is 2. The van der Waals surface area contributed by atoms with E-state index in [1.54, 1.807) is 34.6 Å². The van der Waals surface area contributed by atoms with E-state index in [2.05, 4.69) is 45.0 Å². The molecule has 184 valence electrons. The lowest BCUT2D eigenvalue weighted by Crippen LogP contribution is -2.34. The molecule has 4 rings (SSSR count). The van der Waals surface area contributed by atoms with Crippen LogP contribution in [-0.2, 0) is 9.47 Å². The number of amides is 2. The first-order valence-electron chi connectivity index (χ1n) is 11.6. The quantitative estimate of drug-likeness (QED) is 0.497. The molecule has 0 unspecified atom stereocenters. The summed E-state index contributed by atoms with van der Waals surface area (Å²) in [7, 11) is 0. The maximum Gasteiger partial charge on any atom is 0.408 e. The summed E-state index contributed by atoms with van der Waals surface area (Å²) < 4.78 is 16.1. The van der Waals surface area contributed by atoms with Crippen LogP contribution >= 0.6 is 0 Å². The molecule has 0 radical (unpaired) electrons. The zero-order chi connectivity index (χ0) is 25.2. The molecular weight excluding hydrogens is 448 g/mol. The predicted octanol–water partition coefficient (Wildman–Crippen LogP) is 5.26. The molecule has 0 spiro atoms. The van der Waals surface area contributed by atoms with E-state index in [4.69, 9.17) is 14.0 Å². The van der Waals surface area contributed by atoms with Crippen LogP contribution in [0.4, 0.5) is 9.59 Å². The number of aromatic nitrogens is 2. The maximum absolute atomic E-state index is 12.5. The second kappa shape index (κ2) is 9.77. The van der Waals surface area contributed by atoms with E-state index in [-0.39, 0.29) is 24.2 Å². The molecule has 0 aliphatic heterocycles. The summed E-state index contributed by atoms with van der Waals surface area (Å²) in [5.41, 5.74) is 3.99. The number of carbonyl (C=O) groups is 2. The van der Waals surface area contributed by atoms with Crippen LogP contribution < -0.4 is 10.6 Å². The van der Waals surface area contributed by atoms with E-state index in [0.29, 0.717) is 0 Å². The van der Waals surface area contributed by atoms with Gasteiger partial charge in [-0.25, -0.2) is 9.59 Å². The Kier molecular flexibility index (Phi) is 6.77. The first-order valence-corrected chi connectivity index (χ1v) is 11.6. The van der Waals surface area contributed by atoms with Gasteiger partial charge in [-0.2, -0.15) is 4.98 Å². The molecule has 1 aromatic heterocycles. The Labute approximate surface area is 204 Å². The SMILES string of the molecule is C[C@H](NC(=O)OC(C)(C)C)c1noc([C@H](C)NC(=O)OCC2c3ccccc3-c3ccccc32)n1. The van der Waals surface area contributed by atoms with Crippen LogP contribution in [0.5, 0.6) is 0 Å². The molecule has 1 heterocycles. The first kappa shape index (κ1) is 24.3. The van der Waals surface area contributed by atoms with Crippen molar-refractivity contribution >= 4 is 12.2 Å². The summed E-state index contributed by atoms with van der Waals surface area (Å²) in [4.78, 5) is 28.8. The van der Waals surface area contributed by atoms with Crippen molar-refractivity contribution in [2.75, 3.05) is 6.61 Å². The van der Waals surface area contributed by atoms with E-state index in [0.717, 1.165) is 22.3 Å². The fraction of sp³-hybridized carbons (Fsp3) is 0.385. The van der Waals surface area contributed by atoms with Crippen LogP contribution in [0.3, 0.4) is 0 Å². The Hall–Kier alpha value is -3.88. The van der Waals surface area contributed by atoms with Crippen molar-refractivity contribution in [2.24, 2.45) is 0 Å². The van der Waals surface area contributed by atoms with Crippen molar-refractivity contribution in [1.82, 2.24) is 20.8 Å². The molecule has 3 aromatic rings. The van der Waals surface area contributed by atoms with Gasteiger partial charge >= 0.3 is 12.2 Å². The van der Waals surface area contributed by atoms with Gasteiger partial charge in [0, 0.05) is 5.92 Å². The summed E-state index contributed by atoms with van der Waals surface area (Å²) in [6, 6.07) is 15.2. The normalized spacial score (nSPS) is 14.4. The average Bonchev–Trinajstić information content (AvgIpc) is 3.40. The van der Waals surface area contributed by atoms with E-state index in [1.165, 1.54) is 0 Å². The molecule has 0 saturated carbocycles. The number of nitrogens with one attached hydrogen (secondary N) is 2. The molecule has 1 aliphatic rings. The Morgan fingerprint density at radius 3 is 2.11 bits per heavy atom. The van der Waals surface area contributed by atoms with Gasteiger partial charge in [0.1, 0.15) is 18.2 Å². The van der Waals surface area contributed by atoms with Gasteiger partial charge in [-0.1, -0.05) is 53.7 Å². The molecule has 0 saturated heterocycles. The van der Waals surface area contributed by atoms with Gasteiger partial charge < -0.3 is 24.6 Å². The third-order valence-electron chi connectivity index (χ3n) is 5.63. The molecule has 1 aliphatic carbocycles. The van der Waals surface area contributed by atoms with Crippen molar-refractivity contribution in [3.05, 3.63) is 71.4 Å². The van der Waals surface area contributed by atoms with Crippen molar-refractivity contribution < 1.29 is 23.6 Å². The molecule has 35 heavy (non-hydrogen) atoms. The molecule has 2 N–H and O–H groups in total. The van der Waals surface area contributed by atoms with Gasteiger partial charge in [0.05, 0.1) is 6.04 Å². The first-order chi connectivity index (χ1) is 16.6. The fourth-order valence-corrected chi connectivity index (χ4v) is 4.03. The number of hydrogen-bond donors (Lipinski definition) is 2. The van der Waals surface area contributed by atoms with Crippen LogP contribution in [0.2, 0.25) is 0 Å². The lowest BCUT2D eigenvalue weighted by molar-refractivity contribution is 0.0505. The van der Waals surface area contributed by atoms with Crippen LogP contribution in [-0.4, -0.2) is 34.5 Å². The number of fused-ring (bicyclic) bond motifs is 3. The Balaban J connectivity index is 1.33. The smallest absolute Gasteiger partial charge is 0.408 e. The topological polar surface area (TPSA) is 116 Å². The standard InChI is InChI=1S/C26H30N4O5/c1-15(27-25(32)34-26(3,4)5)22-29-23(35-30-22)16(2)28-24(31)33-14-21-19-12-8-6-10-17(19)18-11-7-9-13-20(18)21/h6-13,15-16,21H,14H2,1-5H3,(H,27,32)(H,28,31)/t15-,16-/m0/s1. The average molecular weight is 479 g/mol. The zero-order valence-corrected chi connectivity index (χ0v) is 20.5. The molecule has 2 atom stereocenters. The van der Waals surface area contributed by atoms with Gasteiger partial charge in [0.15, 0.2) is 5.82 Å². The monoisotopic (exact) mass is 478 g/mol. The van der Waals surface area contributed by atoms with Crippen LogP contribution in [0.15, 0.2) is 53.1 Å². The largest absolute Gasteiger partial charge is 0.449 e. The summed E-state index contributed by atoms with van der Waals surface area (Å²) in [5.74, 6) is 0.441. The lowest BCUT2D eigenvalue weighted by Gasteiger charge is -2.20. The highest BCUT2D eigenvalue weighted by molar-refractivity contribution is 5.79. The number of carbonyl (C=O) groups excluding carboxylic acids is 2. The zero-order valence-electron chi connectivity index (χ0n) is 20.5. The number of ether oxygens (including phenoxy) is 2. The summed E-state index contributed by atoms with van der Waals surface area (Å²) in [5, 5.41) is 9.28. The molecule has 0 fully saturated rings. The fourth-order valence-electron chi connectivity index (χ4n) is 4.03. The number of hydrogen-bond acceptors (Lipinski definition) is 7. The highest BCUT2D eigenvalue weighted by Crippen LogP contribution is 2.44. The van der Waals surface area contributed by atoms with Crippen LogP contribution in [0, 0.1) is 0 Å². The van der Waals surface area contributed by atoms with Crippen molar-refractivity contribution in [3.8, 4) is 11.1 Å². The third kappa shape index (κ3) is 5.62. The minimum absolute atomic E-state index is 0.0294. The molecule has 2 aromatic carbocycles. The third-order valence-corrected chi connectivity index (χ3v) is 5.63. The Morgan fingerprint density at radius 2 is 1.51 bits per heavy atom. The van der Waals surface area contributed by atoms with Crippen molar-refractivity contribution in [1.29, 1.82) is 0 Å². The molecule has 9 nitrogen and oxygen atoms in total. The Bertz CT molecular complexity index is 1170. The van der Waals surface area contributed by atoms with E-state index >= 15 is 0 Å². The number of nitrogens with zero attached hydrogens (tertiary/aromatic N) is 2. The van der Waals surface area contributed by atoms with E-state index < -0.39 is 29.9 Å². The molecule has 2 amide bonds. The van der Waals surface area contributed by atoms with E-state index in [1.807, 2.05) is 24.3 Å².